The van der Waals surface area contributed by atoms with Crippen LogP contribution in [0, 0.1) is 0 Å². The number of carboxylic acid groups (broad SMARTS) is 1. The number of H-pyrrole nitrogens is 1. The van der Waals surface area contributed by atoms with Crippen molar-refractivity contribution < 1.29 is 18.3 Å². The average Bonchev–Trinajstić information content (AvgIpc) is 2.70. The van der Waals surface area contributed by atoms with Crippen LogP contribution in [0.4, 0.5) is 0 Å². The van der Waals surface area contributed by atoms with Gasteiger partial charge in [-0.25, -0.2) is 17.9 Å². The topological polar surface area (TPSA) is 109 Å². The minimum Gasteiger partial charge on any atom is -0.477 e. The number of aromatic amines is 1. The van der Waals surface area contributed by atoms with Gasteiger partial charge < -0.3 is 5.11 Å². The zero-order valence-corrected chi connectivity index (χ0v) is 10.6. The molecule has 0 aliphatic heterocycles. The molecule has 1 aromatic carbocycles. The summed E-state index contributed by atoms with van der Waals surface area (Å²) in [6.45, 7) is 0. The van der Waals surface area contributed by atoms with Gasteiger partial charge in [0.15, 0.2) is 9.84 Å². The summed E-state index contributed by atoms with van der Waals surface area (Å²) in [5, 5.41) is 11.2. The van der Waals surface area contributed by atoms with Crippen molar-refractivity contribution >= 4 is 15.8 Å². The Labute approximate surface area is 108 Å². The number of sulfone groups is 1. The Bertz CT molecular complexity index is 783. The second-order valence-electron chi connectivity index (χ2n) is 3.91. The van der Waals surface area contributed by atoms with Crippen LogP contribution in [0.2, 0.25) is 0 Å². The Balaban J connectivity index is 2.49. The van der Waals surface area contributed by atoms with Crippen LogP contribution >= 0.6 is 0 Å². The molecule has 100 valence electrons. The molecule has 1 aromatic heterocycles. The number of aromatic nitrogens is 2. The summed E-state index contributed by atoms with van der Waals surface area (Å²) in [7, 11) is -3.31. The zero-order chi connectivity index (χ0) is 14.2. The summed E-state index contributed by atoms with van der Waals surface area (Å²) < 4.78 is 23.6. The van der Waals surface area contributed by atoms with Gasteiger partial charge in [0, 0.05) is 12.3 Å². The first kappa shape index (κ1) is 13.1. The monoisotopic (exact) mass is 282 g/mol. The second kappa shape index (κ2) is 4.39. The molecule has 0 amide bonds. The van der Waals surface area contributed by atoms with E-state index in [-0.39, 0.29) is 10.6 Å². The Morgan fingerprint density at radius 1 is 1.26 bits per heavy atom. The van der Waals surface area contributed by atoms with Crippen molar-refractivity contribution in [2.45, 2.75) is 4.90 Å². The summed E-state index contributed by atoms with van der Waals surface area (Å²) in [5.74, 6) is -1.25. The molecule has 2 N–H and O–H groups in total. The molecule has 0 fully saturated rings. The predicted molar refractivity (Wildman–Crippen MR) is 66.5 cm³/mol. The van der Waals surface area contributed by atoms with Crippen molar-refractivity contribution in [3.05, 3.63) is 46.4 Å². The standard InChI is InChI=1S/C11H10N2O5S/c1-19(17,18)8-4-2-7(3-5-8)13-10(14)6-9(12-13)11(15)16/h2-6,12H,1H3,(H,15,16). The van der Waals surface area contributed by atoms with Crippen LogP contribution in [-0.4, -0.2) is 35.5 Å². The molecule has 0 bridgehead atoms. The fourth-order valence-corrected chi connectivity index (χ4v) is 2.17. The van der Waals surface area contributed by atoms with Gasteiger partial charge in [-0.3, -0.25) is 9.89 Å². The SMILES string of the molecule is CS(=O)(=O)c1ccc(-n2[nH]c(C(=O)O)cc2=O)cc1. The number of hydrogen-bond donors (Lipinski definition) is 2. The van der Waals surface area contributed by atoms with E-state index < -0.39 is 21.4 Å². The lowest BCUT2D eigenvalue weighted by atomic mass is 10.3. The van der Waals surface area contributed by atoms with Gasteiger partial charge in [0.05, 0.1) is 10.6 Å². The van der Waals surface area contributed by atoms with Gasteiger partial charge in [0.2, 0.25) is 0 Å². The highest BCUT2D eigenvalue weighted by Crippen LogP contribution is 2.12. The lowest BCUT2D eigenvalue weighted by Gasteiger charge is -2.03. The number of carbonyl (C=O) groups is 1. The van der Waals surface area contributed by atoms with Gasteiger partial charge >= 0.3 is 5.97 Å². The second-order valence-corrected chi connectivity index (χ2v) is 5.93. The maximum absolute atomic E-state index is 11.6. The first-order chi connectivity index (χ1) is 8.79. The Kier molecular flexibility index (Phi) is 3.03. The molecule has 0 radical (unpaired) electrons. The fourth-order valence-electron chi connectivity index (χ4n) is 1.54. The van der Waals surface area contributed by atoms with Crippen LogP contribution in [0.25, 0.3) is 5.69 Å². The van der Waals surface area contributed by atoms with Gasteiger partial charge in [-0.15, -0.1) is 0 Å². The molecule has 2 rings (SSSR count). The van der Waals surface area contributed by atoms with E-state index in [2.05, 4.69) is 5.10 Å². The molecule has 2 aromatic rings. The third-order valence-corrected chi connectivity index (χ3v) is 3.60. The highest BCUT2D eigenvalue weighted by Gasteiger charge is 2.11. The summed E-state index contributed by atoms with van der Waals surface area (Å²) in [5.41, 5.74) is -0.424. The first-order valence-electron chi connectivity index (χ1n) is 5.15. The van der Waals surface area contributed by atoms with Crippen molar-refractivity contribution in [1.29, 1.82) is 0 Å². The Morgan fingerprint density at radius 3 is 2.26 bits per heavy atom. The van der Waals surface area contributed by atoms with Gasteiger partial charge in [-0.05, 0) is 24.3 Å². The minimum atomic E-state index is -3.31. The van der Waals surface area contributed by atoms with E-state index in [0.29, 0.717) is 5.69 Å². The molecule has 0 unspecified atom stereocenters. The number of aromatic carboxylic acids is 1. The van der Waals surface area contributed by atoms with Gasteiger partial charge in [0.25, 0.3) is 5.56 Å². The molecule has 0 spiro atoms. The molecule has 0 saturated heterocycles. The highest BCUT2D eigenvalue weighted by molar-refractivity contribution is 7.90. The molecule has 0 saturated carbocycles. The molecule has 0 atom stereocenters. The van der Waals surface area contributed by atoms with E-state index >= 15 is 0 Å². The summed E-state index contributed by atoms with van der Waals surface area (Å²) in [6, 6.07) is 6.48. The normalized spacial score (nSPS) is 11.4. The molecule has 19 heavy (non-hydrogen) atoms. The van der Waals surface area contributed by atoms with E-state index in [0.717, 1.165) is 17.0 Å². The van der Waals surface area contributed by atoms with Gasteiger partial charge in [0.1, 0.15) is 5.69 Å². The average molecular weight is 282 g/mol. The first-order valence-corrected chi connectivity index (χ1v) is 7.04. The number of carboxylic acids is 1. The quantitative estimate of drug-likeness (QED) is 0.839. The molecule has 0 aliphatic rings. The highest BCUT2D eigenvalue weighted by atomic mass is 32.2. The van der Waals surface area contributed by atoms with Crippen LogP contribution in [0.1, 0.15) is 10.5 Å². The van der Waals surface area contributed by atoms with E-state index in [1.54, 1.807) is 0 Å². The Morgan fingerprint density at radius 2 is 1.84 bits per heavy atom. The van der Waals surface area contributed by atoms with Crippen LogP contribution in [0.5, 0.6) is 0 Å². The van der Waals surface area contributed by atoms with E-state index in [1.807, 2.05) is 0 Å². The molecule has 8 heteroatoms. The Hall–Kier alpha value is -2.35. The van der Waals surface area contributed by atoms with E-state index in [9.17, 15) is 18.0 Å². The summed E-state index contributed by atoms with van der Waals surface area (Å²) in [6.07, 6.45) is 1.07. The molecular weight excluding hydrogens is 272 g/mol. The summed E-state index contributed by atoms with van der Waals surface area (Å²) >= 11 is 0. The van der Waals surface area contributed by atoms with Gasteiger partial charge in [-0.2, -0.15) is 0 Å². The van der Waals surface area contributed by atoms with E-state index in [4.69, 9.17) is 5.11 Å². The maximum Gasteiger partial charge on any atom is 0.353 e. The number of hydrogen-bond acceptors (Lipinski definition) is 4. The molecule has 1 heterocycles. The lowest BCUT2D eigenvalue weighted by molar-refractivity contribution is 0.0690. The number of nitrogens with zero attached hydrogens (tertiary/aromatic N) is 1. The van der Waals surface area contributed by atoms with E-state index in [1.165, 1.54) is 24.3 Å². The minimum absolute atomic E-state index is 0.120. The number of rotatable bonds is 3. The summed E-state index contributed by atoms with van der Waals surface area (Å²) in [4.78, 5) is 22.4. The van der Waals surface area contributed by atoms with Crippen LogP contribution in [0.15, 0.2) is 40.0 Å². The number of benzene rings is 1. The smallest absolute Gasteiger partial charge is 0.353 e. The molecule has 0 aliphatic carbocycles. The van der Waals surface area contributed by atoms with Crippen molar-refractivity contribution in [2.24, 2.45) is 0 Å². The lowest BCUT2D eigenvalue weighted by Crippen LogP contribution is -2.13. The molecular formula is C11H10N2O5S. The largest absolute Gasteiger partial charge is 0.477 e. The fraction of sp³-hybridized carbons (Fsp3) is 0.0909. The maximum atomic E-state index is 11.6. The van der Waals surface area contributed by atoms with Crippen molar-refractivity contribution in [3.63, 3.8) is 0 Å². The van der Waals surface area contributed by atoms with Crippen molar-refractivity contribution in [3.8, 4) is 5.69 Å². The van der Waals surface area contributed by atoms with Crippen LogP contribution in [0.3, 0.4) is 0 Å². The zero-order valence-electron chi connectivity index (χ0n) is 9.82. The predicted octanol–water partition coefficient (Wildman–Crippen LogP) is 0.267. The molecule has 7 nitrogen and oxygen atoms in total. The van der Waals surface area contributed by atoms with Gasteiger partial charge in [-0.1, -0.05) is 0 Å². The number of nitrogens with one attached hydrogen (secondary N) is 1. The van der Waals surface area contributed by atoms with Crippen molar-refractivity contribution in [2.75, 3.05) is 6.26 Å². The van der Waals surface area contributed by atoms with Crippen LogP contribution < -0.4 is 5.56 Å². The van der Waals surface area contributed by atoms with Crippen LogP contribution in [-0.2, 0) is 9.84 Å². The third-order valence-electron chi connectivity index (χ3n) is 2.47. The third kappa shape index (κ3) is 2.58. The van der Waals surface area contributed by atoms with Crippen molar-refractivity contribution in [1.82, 2.24) is 9.78 Å².